The number of fused-ring (bicyclic) bond motifs is 2. The van der Waals surface area contributed by atoms with Crippen LogP contribution in [0.25, 0.3) is 21.8 Å². The van der Waals surface area contributed by atoms with E-state index in [1.165, 1.54) is 18.6 Å². The molecule has 4 aromatic rings. The summed E-state index contributed by atoms with van der Waals surface area (Å²) in [7, 11) is 3.91. The van der Waals surface area contributed by atoms with Crippen molar-refractivity contribution in [3.8, 4) is 5.75 Å². The van der Waals surface area contributed by atoms with Gasteiger partial charge in [-0.25, -0.2) is 18.7 Å². The second kappa shape index (κ2) is 10.8. The van der Waals surface area contributed by atoms with E-state index in [1.54, 1.807) is 24.3 Å². The molecule has 0 aliphatic rings. The van der Waals surface area contributed by atoms with Gasteiger partial charge in [0.25, 0.3) is 0 Å². The smallest absolute Gasteiger partial charge is 0.159 e. The Morgan fingerprint density at radius 2 is 1.85 bits per heavy atom. The molecule has 0 radical (unpaired) electrons. The Balaban J connectivity index is 0.00000149. The number of hydrogen-bond donors (Lipinski definition) is 1. The quantitative estimate of drug-likeness (QED) is 0.323. The van der Waals surface area contributed by atoms with Crippen LogP contribution >= 0.6 is 15.9 Å². The third kappa shape index (κ3) is 5.54. The first kappa shape index (κ1) is 24.7. The fraction of sp³-hybridized carbons (Fsp3) is 0.292. The summed E-state index contributed by atoms with van der Waals surface area (Å²) in [6, 6.07) is 7.93. The summed E-state index contributed by atoms with van der Waals surface area (Å²) < 4.78 is 36.8. The third-order valence-electron chi connectivity index (χ3n) is 4.66. The molecule has 0 amide bonds. The van der Waals surface area contributed by atoms with Crippen LogP contribution in [0.2, 0.25) is 0 Å². The third-order valence-corrected chi connectivity index (χ3v) is 5.11. The SMILES string of the molecule is CC.CC(CN(C)C)Oc1cc(Br)cc2ncnc(Nc3c(F)cc4ncccc4c3F)c12. The first-order chi connectivity index (χ1) is 15.8. The van der Waals surface area contributed by atoms with Crippen LogP contribution in [0.3, 0.4) is 0 Å². The number of pyridine rings is 1. The number of halogens is 3. The van der Waals surface area contributed by atoms with E-state index in [-0.39, 0.29) is 28.5 Å². The van der Waals surface area contributed by atoms with E-state index < -0.39 is 11.6 Å². The highest BCUT2D eigenvalue weighted by Gasteiger charge is 2.19. The maximum Gasteiger partial charge on any atom is 0.159 e. The summed E-state index contributed by atoms with van der Waals surface area (Å²) in [4.78, 5) is 14.6. The van der Waals surface area contributed by atoms with Crippen molar-refractivity contribution >= 4 is 49.2 Å². The first-order valence-electron chi connectivity index (χ1n) is 10.6. The van der Waals surface area contributed by atoms with Gasteiger partial charge in [0.1, 0.15) is 29.7 Å². The molecular weight excluding hydrogens is 492 g/mol. The van der Waals surface area contributed by atoms with Crippen molar-refractivity contribution in [2.75, 3.05) is 26.0 Å². The lowest BCUT2D eigenvalue weighted by atomic mass is 10.1. The lowest BCUT2D eigenvalue weighted by molar-refractivity contribution is 0.179. The van der Waals surface area contributed by atoms with Crippen molar-refractivity contribution in [1.82, 2.24) is 19.9 Å². The van der Waals surface area contributed by atoms with Crippen molar-refractivity contribution in [2.45, 2.75) is 26.9 Å². The molecule has 4 rings (SSSR count). The zero-order chi connectivity index (χ0) is 24.1. The van der Waals surface area contributed by atoms with Gasteiger partial charge in [-0.05, 0) is 45.3 Å². The molecule has 2 heterocycles. The van der Waals surface area contributed by atoms with Gasteiger partial charge in [-0.2, -0.15) is 0 Å². The van der Waals surface area contributed by atoms with Crippen molar-refractivity contribution in [1.29, 1.82) is 0 Å². The summed E-state index contributed by atoms with van der Waals surface area (Å²) >= 11 is 3.47. The Hall–Kier alpha value is -2.91. The molecule has 0 spiro atoms. The maximum atomic E-state index is 15.1. The Morgan fingerprint density at radius 1 is 1.09 bits per heavy atom. The van der Waals surface area contributed by atoms with E-state index >= 15 is 4.39 Å². The molecule has 174 valence electrons. The summed E-state index contributed by atoms with van der Waals surface area (Å²) in [6.07, 6.45) is 2.69. The second-order valence-corrected chi connectivity index (χ2v) is 8.37. The molecule has 0 saturated carbocycles. The van der Waals surface area contributed by atoms with Crippen LogP contribution in [-0.4, -0.2) is 46.6 Å². The van der Waals surface area contributed by atoms with E-state index in [4.69, 9.17) is 4.74 Å². The topological polar surface area (TPSA) is 63.2 Å². The highest BCUT2D eigenvalue weighted by molar-refractivity contribution is 9.10. The second-order valence-electron chi connectivity index (χ2n) is 7.45. The van der Waals surface area contributed by atoms with Crippen molar-refractivity contribution in [2.24, 2.45) is 0 Å². The van der Waals surface area contributed by atoms with E-state index in [1.807, 2.05) is 39.8 Å². The molecule has 0 saturated heterocycles. The molecule has 0 aliphatic heterocycles. The highest BCUT2D eigenvalue weighted by Crippen LogP contribution is 2.37. The highest BCUT2D eigenvalue weighted by atomic mass is 79.9. The van der Waals surface area contributed by atoms with E-state index in [0.29, 0.717) is 23.2 Å². The summed E-state index contributed by atoms with van der Waals surface area (Å²) in [6.45, 7) is 6.63. The summed E-state index contributed by atoms with van der Waals surface area (Å²) in [5, 5.41) is 3.56. The lowest BCUT2D eigenvalue weighted by Gasteiger charge is -2.21. The Labute approximate surface area is 200 Å². The molecule has 1 N–H and O–H groups in total. The Bertz CT molecular complexity index is 1270. The molecule has 6 nitrogen and oxygen atoms in total. The number of anilines is 2. The van der Waals surface area contributed by atoms with E-state index in [2.05, 4.69) is 36.2 Å². The average molecular weight is 518 g/mol. The summed E-state index contributed by atoms with van der Waals surface area (Å²) in [5.74, 6) is -0.762. The standard InChI is InChI=1S/C22H20BrF2N5O.C2H6/c1-12(10-30(2)3)31-18-8-13(23)7-17-19(18)22(28-11-27-17)29-21-15(24)9-16-14(20(21)25)5-4-6-26-16;1-2/h4-9,11-12H,10H2,1-3H3,(H,27,28,29);1-2H3. The van der Waals surface area contributed by atoms with Gasteiger partial charge in [0.15, 0.2) is 11.6 Å². The molecule has 0 fully saturated rings. The number of ether oxygens (including phenoxy) is 1. The zero-order valence-electron chi connectivity index (χ0n) is 19.2. The maximum absolute atomic E-state index is 15.1. The minimum atomic E-state index is -0.768. The van der Waals surface area contributed by atoms with Crippen LogP contribution in [0.5, 0.6) is 5.75 Å². The summed E-state index contributed by atoms with van der Waals surface area (Å²) in [5.41, 5.74) is 0.499. The zero-order valence-corrected chi connectivity index (χ0v) is 20.7. The van der Waals surface area contributed by atoms with Gasteiger partial charge in [-0.1, -0.05) is 29.8 Å². The monoisotopic (exact) mass is 517 g/mol. The fourth-order valence-electron chi connectivity index (χ4n) is 3.46. The molecule has 2 aromatic heterocycles. The van der Waals surface area contributed by atoms with E-state index in [9.17, 15) is 4.39 Å². The van der Waals surface area contributed by atoms with Gasteiger partial charge in [-0.15, -0.1) is 0 Å². The predicted molar refractivity (Wildman–Crippen MR) is 132 cm³/mol. The number of nitrogens with zero attached hydrogens (tertiary/aromatic N) is 4. The van der Waals surface area contributed by atoms with Crippen molar-refractivity contribution in [3.05, 3.63) is 59.0 Å². The number of likely N-dealkylation sites (N-methyl/N-ethyl adjacent to an activating group) is 1. The largest absolute Gasteiger partial charge is 0.488 e. The first-order valence-corrected chi connectivity index (χ1v) is 11.4. The van der Waals surface area contributed by atoms with Crippen molar-refractivity contribution in [3.63, 3.8) is 0 Å². The van der Waals surface area contributed by atoms with Gasteiger partial charge in [-0.3, -0.25) is 4.98 Å². The predicted octanol–water partition coefficient (Wildman–Crippen LogP) is 6.32. The molecule has 0 aliphatic carbocycles. The number of nitrogens with one attached hydrogen (secondary N) is 1. The van der Waals surface area contributed by atoms with Gasteiger partial charge in [0.05, 0.1) is 16.4 Å². The Kier molecular flexibility index (Phi) is 8.10. The van der Waals surface area contributed by atoms with Gasteiger partial charge in [0, 0.05) is 28.7 Å². The molecular formula is C24H26BrF2N5O. The van der Waals surface area contributed by atoms with Gasteiger partial charge < -0.3 is 15.0 Å². The van der Waals surface area contributed by atoms with Crippen LogP contribution in [0.15, 0.2) is 47.3 Å². The number of rotatable bonds is 6. The van der Waals surface area contributed by atoms with Crippen LogP contribution in [-0.2, 0) is 0 Å². The molecule has 1 unspecified atom stereocenters. The van der Waals surface area contributed by atoms with Gasteiger partial charge in [0.2, 0.25) is 0 Å². The van der Waals surface area contributed by atoms with E-state index in [0.717, 1.165) is 4.47 Å². The molecule has 0 bridgehead atoms. The minimum Gasteiger partial charge on any atom is -0.488 e. The average Bonchev–Trinajstić information content (AvgIpc) is 2.77. The van der Waals surface area contributed by atoms with Crippen LogP contribution in [0.1, 0.15) is 20.8 Å². The molecule has 2 aromatic carbocycles. The van der Waals surface area contributed by atoms with Crippen LogP contribution in [0.4, 0.5) is 20.3 Å². The number of aromatic nitrogens is 3. The van der Waals surface area contributed by atoms with Crippen molar-refractivity contribution < 1.29 is 13.5 Å². The lowest BCUT2D eigenvalue weighted by Crippen LogP contribution is -2.28. The molecule has 1 atom stereocenters. The number of hydrogen-bond acceptors (Lipinski definition) is 6. The Morgan fingerprint density at radius 3 is 2.58 bits per heavy atom. The van der Waals surface area contributed by atoms with Crippen LogP contribution < -0.4 is 10.1 Å². The van der Waals surface area contributed by atoms with Gasteiger partial charge >= 0.3 is 0 Å². The molecule has 9 heteroatoms. The molecule has 33 heavy (non-hydrogen) atoms. The fourth-order valence-corrected chi connectivity index (χ4v) is 3.88. The van der Waals surface area contributed by atoms with Crippen LogP contribution in [0, 0.1) is 11.6 Å². The number of benzene rings is 2. The minimum absolute atomic E-state index is 0.138. The normalized spacial score (nSPS) is 11.9.